The van der Waals surface area contributed by atoms with Gasteiger partial charge in [-0.25, -0.2) is 0 Å². The van der Waals surface area contributed by atoms with Crippen LogP contribution in [0.3, 0.4) is 0 Å². The van der Waals surface area contributed by atoms with Crippen LogP contribution in [0.4, 0.5) is 0 Å². The van der Waals surface area contributed by atoms with Crippen LogP contribution in [0, 0.1) is 0 Å². The fraction of sp³-hybridized carbons (Fsp3) is 0. The van der Waals surface area contributed by atoms with E-state index >= 15 is 0 Å². The second-order valence-electron chi connectivity index (χ2n) is 0.971. The smallest absolute Gasteiger partial charge is 0.545 e. The predicted octanol–water partition coefficient (Wildman–Crippen LogP) is -3.34. The summed E-state index contributed by atoms with van der Waals surface area (Å²) in [7, 11) is 0. The molecule has 4 nitrogen and oxygen atoms in total. The van der Waals surface area contributed by atoms with Crippen molar-refractivity contribution >= 4 is 57.4 Å². The van der Waals surface area contributed by atoms with E-state index in [1.807, 2.05) is 0 Å². The number of hydrogen-bond acceptors (Lipinski definition) is 4. The topological polar surface area (TPSA) is 80.3 Å². The maximum atomic E-state index is 9.41. The molecule has 0 unspecified atom stereocenters. The molecular weight excluding hydrogens is 200 g/mol. The Bertz CT molecular complexity index is 124. The monoisotopic (exact) mass is 202 g/mol. The summed E-state index contributed by atoms with van der Waals surface area (Å²) in [5.41, 5.74) is 0. The summed E-state index contributed by atoms with van der Waals surface area (Å²) < 4.78 is 0. The minimum atomic E-state index is -1.55. The van der Waals surface area contributed by atoms with Gasteiger partial charge in [0.15, 0.2) is 0 Å². The van der Waals surface area contributed by atoms with Crippen molar-refractivity contribution in [2.75, 3.05) is 0 Å². The number of aliphatic carboxylic acids is 2. The van der Waals surface area contributed by atoms with Crippen LogP contribution >= 0.6 is 0 Å². The van der Waals surface area contributed by atoms with Crippen molar-refractivity contribution < 1.29 is 19.8 Å². The van der Waals surface area contributed by atoms with Gasteiger partial charge in [-0.1, -0.05) is 0 Å². The Kier molecular flexibility index (Phi) is 8.31. The van der Waals surface area contributed by atoms with E-state index in [2.05, 4.69) is 0 Å². The van der Waals surface area contributed by atoms with Crippen LogP contribution in [-0.4, -0.2) is 57.4 Å². The molecular formula is C4H2O4Sr. The van der Waals surface area contributed by atoms with Gasteiger partial charge in [0.25, 0.3) is 0 Å². The summed E-state index contributed by atoms with van der Waals surface area (Å²) in [5.74, 6) is -3.09. The van der Waals surface area contributed by atoms with E-state index in [9.17, 15) is 19.8 Å². The summed E-state index contributed by atoms with van der Waals surface area (Å²) in [6, 6.07) is 0. The van der Waals surface area contributed by atoms with Crippen LogP contribution in [0.5, 0.6) is 0 Å². The summed E-state index contributed by atoms with van der Waals surface area (Å²) in [4.78, 5) is 18.8. The molecule has 0 radical (unpaired) electrons. The zero-order valence-electron chi connectivity index (χ0n) is 4.49. The molecule has 0 spiro atoms. The molecule has 5 heteroatoms. The minimum absolute atomic E-state index is 0. The summed E-state index contributed by atoms with van der Waals surface area (Å²) in [5, 5.41) is 18.8. The van der Waals surface area contributed by atoms with Gasteiger partial charge in [0.05, 0.1) is 11.9 Å². The van der Waals surface area contributed by atoms with Gasteiger partial charge in [-0.2, -0.15) is 0 Å². The standard InChI is InChI=1S/C4H4O4.Sr/c5-3(6)1-2-4(7)8;/h1-2H,(H,5,6)(H,7,8);/q;+2/p-2. The fourth-order valence-corrected chi connectivity index (χ4v) is 0.136. The number of rotatable bonds is 2. The first-order valence-electron chi connectivity index (χ1n) is 1.73. The predicted molar refractivity (Wildman–Crippen MR) is 24.9 cm³/mol. The van der Waals surface area contributed by atoms with Crippen molar-refractivity contribution in [2.24, 2.45) is 0 Å². The summed E-state index contributed by atoms with van der Waals surface area (Å²) >= 11 is 0. The van der Waals surface area contributed by atoms with Gasteiger partial charge in [0, 0.05) is 0 Å². The molecule has 0 saturated carbocycles. The van der Waals surface area contributed by atoms with Gasteiger partial charge in [-0.05, 0) is 12.2 Å². The quantitative estimate of drug-likeness (QED) is 0.346. The number of hydrogen-bond donors (Lipinski definition) is 0. The first-order valence-corrected chi connectivity index (χ1v) is 1.73. The van der Waals surface area contributed by atoms with E-state index in [-0.39, 0.29) is 45.5 Å². The number of carbonyl (C=O) groups is 2. The molecule has 0 aromatic carbocycles. The average molecular weight is 202 g/mol. The van der Waals surface area contributed by atoms with Crippen molar-refractivity contribution in [3.63, 3.8) is 0 Å². The first kappa shape index (κ1) is 11.9. The molecule has 0 rings (SSSR count). The number of carboxylic acid groups (broad SMARTS) is 2. The van der Waals surface area contributed by atoms with Crippen molar-refractivity contribution in [1.82, 2.24) is 0 Å². The third-order valence-electron chi connectivity index (χ3n) is 0.355. The third-order valence-corrected chi connectivity index (χ3v) is 0.355. The van der Waals surface area contributed by atoms with E-state index in [0.717, 1.165) is 0 Å². The molecule has 0 aromatic heterocycles. The Morgan fingerprint density at radius 3 is 1.33 bits per heavy atom. The molecule has 0 saturated heterocycles. The minimum Gasteiger partial charge on any atom is -0.545 e. The fourth-order valence-electron chi connectivity index (χ4n) is 0.136. The second kappa shape index (κ2) is 6.28. The number of carboxylic acids is 2. The van der Waals surface area contributed by atoms with Gasteiger partial charge >= 0.3 is 45.5 Å². The van der Waals surface area contributed by atoms with Crippen LogP contribution in [0.2, 0.25) is 0 Å². The molecule has 0 bridgehead atoms. The van der Waals surface area contributed by atoms with E-state index in [4.69, 9.17) is 0 Å². The Morgan fingerprint density at radius 2 is 1.22 bits per heavy atom. The molecule has 0 aromatic rings. The molecule has 0 aliphatic heterocycles. The van der Waals surface area contributed by atoms with Gasteiger partial charge in [-0.15, -0.1) is 0 Å². The normalized spacial score (nSPS) is 8.44. The molecule has 0 N–H and O–H groups in total. The zero-order valence-corrected chi connectivity index (χ0v) is 7.97. The van der Waals surface area contributed by atoms with E-state index in [1.54, 1.807) is 0 Å². The Balaban J connectivity index is 0. The Morgan fingerprint density at radius 1 is 1.00 bits per heavy atom. The van der Waals surface area contributed by atoms with Crippen LogP contribution in [-0.2, 0) is 9.59 Å². The molecule has 0 heterocycles. The summed E-state index contributed by atoms with van der Waals surface area (Å²) in [6.45, 7) is 0. The van der Waals surface area contributed by atoms with Crippen molar-refractivity contribution in [2.45, 2.75) is 0 Å². The molecule has 0 aliphatic rings. The molecule has 0 fully saturated rings. The Labute approximate surface area is 88.4 Å². The van der Waals surface area contributed by atoms with Crippen molar-refractivity contribution in [1.29, 1.82) is 0 Å². The molecule has 0 amide bonds. The third kappa shape index (κ3) is 11.6. The summed E-state index contributed by atoms with van der Waals surface area (Å²) in [6.07, 6.45) is 0.769. The van der Waals surface area contributed by atoms with Gasteiger partial charge < -0.3 is 19.8 Å². The van der Waals surface area contributed by atoms with Gasteiger partial charge in [0.2, 0.25) is 0 Å². The molecule has 44 valence electrons. The van der Waals surface area contributed by atoms with Gasteiger partial charge in [0.1, 0.15) is 0 Å². The molecule has 9 heavy (non-hydrogen) atoms. The maximum absolute atomic E-state index is 9.41. The van der Waals surface area contributed by atoms with Crippen LogP contribution in [0.15, 0.2) is 12.2 Å². The maximum Gasteiger partial charge on any atom is 2.00 e. The van der Waals surface area contributed by atoms with Crippen LogP contribution in [0.1, 0.15) is 0 Å². The molecule has 0 atom stereocenters. The first-order chi connectivity index (χ1) is 3.63. The SMILES string of the molecule is O=C([O-])C=CC(=O)[O-].[Sr+2]. The largest absolute Gasteiger partial charge is 2.00 e. The van der Waals surface area contributed by atoms with E-state index < -0.39 is 11.9 Å². The van der Waals surface area contributed by atoms with Crippen molar-refractivity contribution in [3.8, 4) is 0 Å². The van der Waals surface area contributed by atoms with Crippen molar-refractivity contribution in [3.05, 3.63) is 12.2 Å². The van der Waals surface area contributed by atoms with Gasteiger partial charge in [-0.3, -0.25) is 0 Å². The Hall–Kier alpha value is 0.161. The van der Waals surface area contributed by atoms with Crippen LogP contribution < -0.4 is 10.2 Å². The number of carbonyl (C=O) groups excluding carboxylic acids is 2. The van der Waals surface area contributed by atoms with E-state index in [0.29, 0.717) is 12.2 Å². The average Bonchev–Trinajstić information content (AvgIpc) is 1.61. The van der Waals surface area contributed by atoms with E-state index in [1.165, 1.54) is 0 Å². The van der Waals surface area contributed by atoms with Crippen LogP contribution in [0.25, 0.3) is 0 Å². The molecule has 0 aliphatic carbocycles. The zero-order chi connectivity index (χ0) is 6.57. The second-order valence-corrected chi connectivity index (χ2v) is 0.971.